The van der Waals surface area contributed by atoms with Gasteiger partial charge in [0.05, 0.1) is 26.1 Å². The van der Waals surface area contributed by atoms with E-state index in [4.69, 9.17) is 9.18 Å². The molecule has 234 valence electrons. The monoisotopic (exact) mass is 666 g/mol. The van der Waals surface area contributed by atoms with Crippen LogP contribution in [-0.4, -0.2) is 22.8 Å². The minimum Gasteiger partial charge on any atom is -0.379 e. The number of allylic oxidation sites excluding steroid dienone is 1. The third-order valence-corrected chi connectivity index (χ3v) is 10.2. The highest BCUT2D eigenvalue weighted by Gasteiger charge is 2.33. The molecule has 0 amide bonds. The van der Waals surface area contributed by atoms with Crippen molar-refractivity contribution >= 4 is 44.6 Å². The number of thiazole rings is 1. The third kappa shape index (κ3) is 5.53. The fourth-order valence-corrected chi connectivity index (χ4v) is 7.74. The van der Waals surface area contributed by atoms with Gasteiger partial charge in [-0.3, -0.25) is 29.6 Å². The van der Waals surface area contributed by atoms with Crippen LogP contribution >= 0.6 is 11.3 Å². The summed E-state index contributed by atoms with van der Waals surface area (Å²) in [7, 11) is -4.25. The molecule has 1 aliphatic carbocycles. The Kier molecular flexibility index (Phi) is 7.37. The van der Waals surface area contributed by atoms with Crippen molar-refractivity contribution in [2.45, 2.75) is 23.8 Å². The molecule has 0 saturated carbocycles. The average molecular weight is 667 g/mol. The predicted octanol–water partition coefficient (Wildman–Crippen LogP) is 4.90. The standard InChI is InChI=1S/C33H22N4O8S2/c38-32-29(18-20-8-13-25(14-9-20)45-47(43,44)26-15-11-23(12-16-26)36(39)40)46-33-34-30-27-7-2-1-4-21(27)10-17-28(30)31(35(32)33)22-5-3-6-24(19-22)37(41)42/h1-9,11-16,18-19,31H,10,17H2/b29-18+/t31-/m0/s1. The van der Waals surface area contributed by atoms with Crippen LogP contribution in [0.15, 0.2) is 117 Å². The van der Waals surface area contributed by atoms with Crippen molar-refractivity contribution in [1.29, 1.82) is 0 Å². The Bertz CT molecular complexity index is 2430. The summed E-state index contributed by atoms with van der Waals surface area (Å²) in [6.07, 6.45) is 3.05. The Morgan fingerprint density at radius 2 is 1.60 bits per heavy atom. The smallest absolute Gasteiger partial charge is 0.339 e. The number of nitro benzene ring substituents is 2. The molecule has 47 heavy (non-hydrogen) atoms. The van der Waals surface area contributed by atoms with Gasteiger partial charge in [0, 0.05) is 29.8 Å². The van der Waals surface area contributed by atoms with Crippen LogP contribution in [0.4, 0.5) is 11.4 Å². The van der Waals surface area contributed by atoms with Gasteiger partial charge in [0.25, 0.3) is 16.9 Å². The second-order valence-electron chi connectivity index (χ2n) is 10.8. The Labute approximate surface area is 270 Å². The minimum absolute atomic E-state index is 0.0129. The zero-order valence-corrected chi connectivity index (χ0v) is 25.8. The van der Waals surface area contributed by atoms with Gasteiger partial charge in [-0.25, -0.2) is 4.99 Å². The number of aromatic nitrogens is 1. The lowest BCUT2D eigenvalue weighted by Gasteiger charge is -2.30. The van der Waals surface area contributed by atoms with Gasteiger partial charge in [-0.15, -0.1) is 0 Å². The zero-order valence-electron chi connectivity index (χ0n) is 24.2. The van der Waals surface area contributed by atoms with E-state index in [1.54, 1.807) is 34.9 Å². The van der Waals surface area contributed by atoms with E-state index >= 15 is 0 Å². The van der Waals surface area contributed by atoms with Crippen molar-refractivity contribution in [2.24, 2.45) is 4.99 Å². The first-order valence-corrected chi connectivity index (χ1v) is 16.5. The summed E-state index contributed by atoms with van der Waals surface area (Å²) in [6, 6.07) is 24.1. The maximum atomic E-state index is 14.0. The highest BCUT2D eigenvalue weighted by molar-refractivity contribution is 7.87. The number of rotatable bonds is 7. The number of fused-ring (bicyclic) bond motifs is 3. The largest absolute Gasteiger partial charge is 0.379 e. The number of nitro groups is 2. The number of aryl methyl sites for hydroxylation is 1. The Morgan fingerprint density at radius 1 is 0.872 bits per heavy atom. The number of nitrogens with zero attached hydrogens (tertiary/aromatic N) is 4. The molecule has 0 unspecified atom stereocenters. The molecular formula is C33H22N4O8S2. The molecule has 4 aromatic carbocycles. The van der Waals surface area contributed by atoms with Crippen molar-refractivity contribution in [1.82, 2.24) is 4.57 Å². The molecule has 14 heteroatoms. The fourth-order valence-electron chi connectivity index (χ4n) is 5.81. The normalized spacial score (nSPS) is 15.7. The first kappa shape index (κ1) is 30.0. The van der Waals surface area contributed by atoms with Crippen molar-refractivity contribution in [3.8, 4) is 5.75 Å². The number of hydrogen-bond acceptors (Lipinski definition) is 10. The van der Waals surface area contributed by atoms with Gasteiger partial charge in [0.2, 0.25) is 0 Å². The lowest BCUT2D eigenvalue weighted by Crippen LogP contribution is -2.38. The van der Waals surface area contributed by atoms with Crippen LogP contribution in [0.3, 0.4) is 0 Å². The Morgan fingerprint density at radius 3 is 2.32 bits per heavy atom. The lowest BCUT2D eigenvalue weighted by molar-refractivity contribution is -0.385. The molecule has 12 nitrogen and oxygen atoms in total. The van der Waals surface area contributed by atoms with E-state index in [2.05, 4.69) is 6.07 Å². The predicted molar refractivity (Wildman–Crippen MR) is 173 cm³/mol. The van der Waals surface area contributed by atoms with E-state index in [-0.39, 0.29) is 27.6 Å². The molecule has 0 fully saturated rings. The average Bonchev–Trinajstić information content (AvgIpc) is 3.38. The summed E-state index contributed by atoms with van der Waals surface area (Å²) in [5, 5.41) is 22.5. The number of benzene rings is 4. The summed E-state index contributed by atoms with van der Waals surface area (Å²) in [6.45, 7) is 0. The SMILES string of the molecule is O=c1/c(=C\c2ccc(OS(=O)(=O)c3ccc([N+](=O)[O-])cc3)cc2)sc2n1[C@@H](c1cccc([N+](=O)[O-])c1)C1=C(N=2)c2ccccc2CC1. The highest BCUT2D eigenvalue weighted by Crippen LogP contribution is 2.41. The summed E-state index contributed by atoms with van der Waals surface area (Å²) < 4.78 is 32.6. The van der Waals surface area contributed by atoms with Crippen LogP contribution in [0.5, 0.6) is 5.75 Å². The van der Waals surface area contributed by atoms with Crippen LogP contribution < -0.4 is 19.1 Å². The van der Waals surface area contributed by atoms with Crippen LogP contribution in [0.2, 0.25) is 0 Å². The van der Waals surface area contributed by atoms with Gasteiger partial charge in [0.15, 0.2) is 4.80 Å². The molecule has 7 rings (SSSR count). The van der Waals surface area contributed by atoms with Crippen LogP contribution in [0, 0.1) is 20.2 Å². The molecule has 2 heterocycles. The molecule has 5 aromatic rings. The Hall–Kier alpha value is -5.73. The van der Waals surface area contributed by atoms with Crippen LogP contribution in [0.25, 0.3) is 11.8 Å². The van der Waals surface area contributed by atoms with E-state index in [1.165, 1.54) is 35.6 Å². The van der Waals surface area contributed by atoms with E-state index in [0.717, 1.165) is 53.1 Å². The maximum absolute atomic E-state index is 14.0. The molecule has 0 bridgehead atoms. The van der Waals surface area contributed by atoms with E-state index in [0.29, 0.717) is 26.9 Å². The van der Waals surface area contributed by atoms with Gasteiger partial charge in [-0.1, -0.05) is 59.9 Å². The quantitative estimate of drug-likeness (QED) is 0.134. The topological polar surface area (TPSA) is 164 Å². The van der Waals surface area contributed by atoms with Crippen LogP contribution in [0.1, 0.15) is 34.7 Å². The summed E-state index contributed by atoms with van der Waals surface area (Å²) >= 11 is 1.20. The summed E-state index contributed by atoms with van der Waals surface area (Å²) in [5.41, 5.74) is 4.38. The summed E-state index contributed by atoms with van der Waals surface area (Å²) in [5.74, 6) is 0.0129. The molecule has 1 atom stereocenters. The second kappa shape index (κ2) is 11.6. The highest BCUT2D eigenvalue weighted by atomic mass is 32.2. The number of non-ortho nitro benzene ring substituents is 2. The Balaban J connectivity index is 1.27. The fraction of sp³-hybridized carbons (Fsp3) is 0.0909. The van der Waals surface area contributed by atoms with E-state index in [9.17, 15) is 33.4 Å². The second-order valence-corrected chi connectivity index (χ2v) is 13.4. The first-order valence-electron chi connectivity index (χ1n) is 14.3. The minimum atomic E-state index is -4.25. The molecule has 0 N–H and O–H groups in total. The van der Waals surface area contributed by atoms with Gasteiger partial charge in [0.1, 0.15) is 10.6 Å². The molecule has 0 saturated heterocycles. The van der Waals surface area contributed by atoms with Gasteiger partial charge >= 0.3 is 10.1 Å². The summed E-state index contributed by atoms with van der Waals surface area (Å²) in [4.78, 5) is 40.6. The zero-order chi connectivity index (χ0) is 32.9. The molecule has 2 aliphatic rings. The molecule has 0 spiro atoms. The van der Waals surface area contributed by atoms with Crippen molar-refractivity contribution in [2.75, 3.05) is 0 Å². The van der Waals surface area contributed by atoms with E-state index < -0.39 is 26.0 Å². The van der Waals surface area contributed by atoms with Crippen LogP contribution in [-0.2, 0) is 16.5 Å². The molecule has 1 aromatic heterocycles. The van der Waals surface area contributed by atoms with Gasteiger partial charge in [-0.2, -0.15) is 8.42 Å². The maximum Gasteiger partial charge on any atom is 0.339 e. The van der Waals surface area contributed by atoms with Gasteiger partial charge < -0.3 is 4.18 Å². The lowest BCUT2D eigenvalue weighted by atomic mass is 9.83. The van der Waals surface area contributed by atoms with Crippen molar-refractivity contribution in [3.63, 3.8) is 0 Å². The van der Waals surface area contributed by atoms with E-state index in [1.807, 2.05) is 18.2 Å². The molecular weight excluding hydrogens is 645 g/mol. The molecule has 1 aliphatic heterocycles. The molecule has 0 radical (unpaired) electrons. The third-order valence-electron chi connectivity index (χ3n) is 7.99. The van der Waals surface area contributed by atoms with Crippen molar-refractivity contribution in [3.05, 3.63) is 165 Å². The first-order chi connectivity index (χ1) is 22.6. The van der Waals surface area contributed by atoms with Gasteiger partial charge in [-0.05, 0) is 65.4 Å². The number of hydrogen-bond donors (Lipinski definition) is 0. The van der Waals surface area contributed by atoms with Crippen molar-refractivity contribution < 1.29 is 22.4 Å².